The quantitative estimate of drug-likeness (QED) is 0.438. The average Bonchev–Trinajstić information content (AvgIpc) is 2.96. The Labute approximate surface area is 135 Å². The molecule has 0 spiro atoms. The molecule has 0 N–H and O–H groups in total. The summed E-state index contributed by atoms with van der Waals surface area (Å²) in [6.45, 7) is 0.120. The number of esters is 1. The van der Waals surface area contributed by atoms with Crippen LogP contribution in [0, 0.1) is 10.1 Å². The smallest absolute Gasteiger partial charge is 0.324 e. The Morgan fingerprint density at radius 3 is 2.77 bits per heavy atom. The molecule has 1 heterocycles. The lowest BCUT2D eigenvalue weighted by Gasteiger charge is -2.22. The molecule has 22 heavy (non-hydrogen) atoms. The monoisotopic (exact) mass is 392 g/mol. The van der Waals surface area contributed by atoms with Gasteiger partial charge in [-0.1, -0.05) is 15.9 Å². The fraction of sp³-hybridized carbons (Fsp3) is 0.417. The maximum atomic E-state index is 12.7. The van der Waals surface area contributed by atoms with Crippen molar-refractivity contribution in [3.8, 4) is 0 Å². The molecular formula is C12H13BrN2O6S. The number of benzene rings is 1. The molecule has 8 nitrogen and oxygen atoms in total. The number of carbonyl (C=O) groups excluding carboxylic acids is 1. The van der Waals surface area contributed by atoms with Crippen LogP contribution in [0.1, 0.15) is 12.8 Å². The van der Waals surface area contributed by atoms with Gasteiger partial charge in [-0.3, -0.25) is 14.9 Å². The summed E-state index contributed by atoms with van der Waals surface area (Å²) in [5, 5.41) is 11.1. The number of nitrogens with zero attached hydrogens (tertiary/aromatic N) is 2. The number of rotatable bonds is 4. The summed E-state index contributed by atoms with van der Waals surface area (Å²) in [6.07, 6.45) is 0.819. The average molecular weight is 393 g/mol. The van der Waals surface area contributed by atoms with Gasteiger partial charge in [-0.25, -0.2) is 8.42 Å². The lowest BCUT2D eigenvalue weighted by molar-refractivity contribution is -0.387. The number of hydrogen-bond acceptors (Lipinski definition) is 6. The molecule has 120 valence electrons. The summed E-state index contributed by atoms with van der Waals surface area (Å²) in [5.74, 6) is -0.666. The van der Waals surface area contributed by atoms with Crippen molar-refractivity contribution in [2.24, 2.45) is 0 Å². The van der Waals surface area contributed by atoms with Crippen LogP contribution >= 0.6 is 15.9 Å². The van der Waals surface area contributed by atoms with E-state index in [0.717, 1.165) is 16.4 Å². The van der Waals surface area contributed by atoms with E-state index >= 15 is 0 Å². The number of sulfonamides is 1. The number of methoxy groups -OCH3 is 1. The van der Waals surface area contributed by atoms with E-state index in [9.17, 15) is 23.3 Å². The van der Waals surface area contributed by atoms with Gasteiger partial charge in [-0.05, 0) is 25.0 Å². The molecule has 1 aliphatic heterocycles. The van der Waals surface area contributed by atoms with Crippen LogP contribution in [0.25, 0.3) is 0 Å². The molecule has 0 saturated carbocycles. The Morgan fingerprint density at radius 2 is 2.18 bits per heavy atom. The van der Waals surface area contributed by atoms with Crippen LogP contribution in [-0.2, 0) is 19.6 Å². The minimum absolute atomic E-state index is 0.120. The van der Waals surface area contributed by atoms with E-state index in [1.165, 1.54) is 13.2 Å². The van der Waals surface area contributed by atoms with Gasteiger partial charge in [0.2, 0.25) is 0 Å². The third-order valence-electron chi connectivity index (χ3n) is 3.38. The van der Waals surface area contributed by atoms with Crippen LogP contribution in [0.2, 0.25) is 0 Å². The van der Waals surface area contributed by atoms with Gasteiger partial charge in [-0.15, -0.1) is 0 Å². The first-order valence-electron chi connectivity index (χ1n) is 6.32. The highest BCUT2D eigenvalue weighted by molar-refractivity contribution is 9.10. The molecule has 0 aromatic heterocycles. The van der Waals surface area contributed by atoms with Crippen LogP contribution in [-0.4, -0.2) is 43.3 Å². The number of carbonyl (C=O) groups is 1. The lowest BCUT2D eigenvalue weighted by Crippen LogP contribution is -2.41. The summed E-state index contributed by atoms with van der Waals surface area (Å²) >= 11 is 3.07. The zero-order chi connectivity index (χ0) is 16.5. The van der Waals surface area contributed by atoms with Crippen LogP contribution in [0.3, 0.4) is 0 Å². The molecule has 0 unspecified atom stereocenters. The van der Waals surface area contributed by atoms with E-state index in [-0.39, 0.29) is 6.54 Å². The highest BCUT2D eigenvalue weighted by Crippen LogP contribution is 2.33. The van der Waals surface area contributed by atoms with E-state index in [0.29, 0.717) is 17.3 Å². The molecule has 0 bridgehead atoms. The van der Waals surface area contributed by atoms with Crippen molar-refractivity contribution in [3.63, 3.8) is 0 Å². The van der Waals surface area contributed by atoms with Gasteiger partial charge >= 0.3 is 5.97 Å². The molecule has 1 saturated heterocycles. The van der Waals surface area contributed by atoms with Crippen molar-refractivity contribution in [1.82, 2.24) is 4.31 Å². The minimum Gasteiger partial charge on any atom is -0.468 e. The molecule has 2 rings (SSSR count). The summed E-state index contributed by atoms with van der Waals surface area (Å²) < 4.78 is 31.4. The van der Waals surface area contributed by atoms with Crippen molar-refractivity contribution in [3.05, 3.63) is 32.8 Å². The molecule has 1 fully saturated rings. The maximum Gasteiger partial charge on any atom is 0.324 e. The Balaban J connectivity index is 2.51. The fourth-order valence-electron chi connectivity index (χ4n) is 2.38. The first-order valence-corrected chi connectivity index (χ1v) is 8.56. The first-order chi connectivity index (χ1) is 10.3. The van der Waals surface area contributed by atoms with E-state index in [2.05, 4.69) is 20.7 Å². The van der Waals surface area contributed by atoms with Crippen molar-refractivity contribution >= 4 is 37.6 Å². The number of nitro benzene ring substituents is 1. The van der Waals surface area contributed by atoms with Gasteiger partial charge in [0.05, 0.1) is 12.0 Å². The number of hydrogen-bond donors (Lipinski definition) is 0. The fourth-order valence-corrected chi connectivity index (χ4v) is 4.51. The van der Waals surface area contributed by atoms with Gasteiger partial charge in [-0.2, -0.15) is 4.31 Å². The van der Waals surface area contributed by atoms with Gasteiger partial charge in [0.25, 0.3) is 15.7 Å². The number of nitro groups is 1. The summed E-state index contributed by atoms with van der Waals surface area (Å²) in [4.78, 5) is 21.6. The molecule has 1 atom stereocenters. The third kappa shape index (κ3) is 2.99. The molecule has 10 heteroatoms. The standard InChI is InChI=1S/C12H13BrN2O6S/c1-21-12(16)9-3-2-6-14(9)22(19,20)11-5-4-8(13)7-10(11)15(17)18/h4-5,7,9H,2-3,6H2,1H3/t9-/m0/s1. The second-order valence-corrected chi connectivity index (χ2v) is 7.44. The van der Waals surface area contributed by atoms with E-state index in [1.807, 2.05) is 0 Å². The largest absolute Gasteiger partial charge is 0.468 e. The van der Waals surface area contributed by atoms with E-state index < -0.39 is 37.5 Å². The molecule has 1 aliphatic rings. The minimum atomic E-state index is -4.17. The highest BCUT2D eigenvalue weighted by Gasteiger charge is 2.42. The molecule has 0 radical (unpaired) electrons. The van der Waals surface area contributed by atoms with Gasteiger partial charge in [0, 0.05) is 17.1 Å². The SMILES string of the molecule is COC(=O)[C@@H]1CCCN1S(=O)(=O)c1ccc(Br)cc1[N+](=O)[O-]. The highest BCUT2D eigenvalue weighted by atomic mass is 79.9. The van der Waals surface area contributed by atoms with Gasteiger partial charge < -0.3 is 4.74 Å². The second kappa shape index (κ2) is 6.31. The molecular weight excluding hydrogens is 380 g/mol. The Bertz CT molecular complexity index is 720. The van der Waals surface area contributed by atoms with Gasteiger partial charge in [0.15, 0.2) is 4.90 Å². The lowest BCUT2D eigenvalue weighted by atomic mass is 10.2. The summed E-state index contributed by atoms with van der Waals surface area (Å²) in [6, 6.07) is 2.74. The number of ether oxygens (including phenoxy) is 1. The summed E-state index contributed by atoms with van der Waals surface area (Å²) in [5.41, 5.74) is -0.537. The van der Waals surface area contributed by atoms with Crippen molar-refractivity contribution in [2.75, 3.05) is 13.7 Å². The van der Waals surface area contributed by atoms with Crippen LogP contribution in [0.4, 0.5) is 5.69 Å². The van der Waals surface area contributed by atoms with Crippen LogP contribution in [0.15, 0.2) is 27.6 Å². The topological polar surface area (TPSA) is 107 Å². The molecule has 0 aliphatic carbocycles. The van der Waals surface area contributed by atoms with Gasteiger partial charge in [0.1, 0.15) is 6.04 Å². The Morgan fingerprint density at radius 1 is 1.50 bits per heavy atom. The normalized spacial score (nSPS) is 19.1. The van der Waals surface area contributed by atoms with Crippen molar-refractivity contribution in [1.29, 1.82) is 0 Å². The number of halogens is 1. The first kappa shape index (κ1) is 16.8. The Hall–Kier alpha value is -1.52. The summed E-state index contributed by atoms with van der Waals surface area (Å²) in [7, 11) is -2.99. The van der Waals surface area contributed by atoms with E-state index in [4.69, 9.17) is 0 Å². The van der Waals surface area contributed by atoms with Crippen LogP contribution in [0.5, 0.6) is 0 Å². The van der Waals surface area contributed by atoms with Crippen molar-refractivity contribution in [2.45, 2.75) is 23.8 Å². The predicted octanol–water partition coefficient (Wildman–Crippen LogP) is 1.68. The zero-order valence-electron chi connectivity index (χ0n) is 11.6. The second-order valence-electron chi connectivity index (χ2n) is 4.67. The molecule has 1 aromatic carbocycles. The predicted molar refractivity (Wildman–Crippen MR) is 79.7 cm³/mol. The third-order valence-corrected chi connectivity index (χ3v) is 5.83. The van der Waals surface area contributed by atoms with Crippen LogP contribution < -0.4 is 0 Å². The Kier molecular flexibility index (Phi) is 4.83. The maximum absolute atomic E-state index is 12.7. The van der Waals surface area contributed by atoms with E-state index in [1.54, 1.807) is 0 Å². The zero-order valence-corrected chi connectivity index (χ0v) is 14.0. The molecule has 0 amide bonds. The molecule has 1 aromatic rings. The van der Waals surface area contributed by atoms with Crippen molar-refractivity contribution < 1.29 is 22.9 Å².